The summed E-state index contributed by atoms with van der Waals surface area (Å²) in [6.07, 6.45) is 0.534. The highest BCUT2D eigenvalue weighted by Crippen LogP contribution is 2.20. The molecule has 0 aromatic heterocycles. The zero-order valence-electron chi connectivity index (χ0n) is 12.3. The van der Waals surface area contributed by atoms with Crippen LogP contribution in [0.1, 0.15) is 28.7 Å². The Labute approximate surface area is 131 Å². The van der Waals surface area contributed by atoms with Crippen LogP contribution in [-0.2, 0) is 11.5 Å². The van der Waals surface area contributed by atoms with Gasteiger partial charge in [0.25, 0.3) is 0 Å². The molecule has 0 radical (unpaired) electrons. The molecule has 0 fully saturated rings. The maximum atomic E-state index is 8.74. The molecular formula is C19H20OS. The van der Waals surface area contributed by atoms with Crippen molar-refractivity contribution in [2.24, 2.45) is 0 Å². The van der Waals surface area contributed by atoms with E-state index in [-0.39, 0.29) is 6.61 Å². The van der Waals surface area contributed by atoms with E-state index in [1.54, 1.807) is 0 Å². The fraction of sp³-hybridized carbons (Fsp3) is 0.263. The number of hydrogen-bond donors (Lipinski definition) is 1. The summed E-state index contributed by atoms with van der Waals surface area (Å²) in [7, 11) is 0. The molecule has 0 bridgehead atoms. The van der Waals surface area contributed by atoms with Crippen LogP contribution in [0, 0.1) is 18.8 Å². The summed E-state index contributed by atoms with van der Waals surface area (Å²) in [5, 5.41) is 8.74. The Balaban J connectivity index is 1.90. The minimum Gasteiger partial charge on any atom is -0.395 e. The van der Waals surface area contributed by atoms with Crippen molar-refractivity contribution in [3.63, 3.8) is 0 Å². The van der Waals surface area contributed by atoms with Gasteiger partial charge in [-0.3, -0.25) is 0 Å². The van der Waals surface area contributed by atoms with E-state index in [1.165, 1.54) is 16.7 Å². The summed E-state index contributed by atoms with van der Waals surface area (Å²) in [5.74, 6) is 8.07. The Kier molecular flexibility index (Phi) is 6.40. The SMILES string of the molecule is Cc1ccccc1CSCc1cccc(C#CCCO)c1. The minimum absolute atomic E-state index is 0.124. The molecule has 1 N–H and O–H groups in total. The van der Waals surface area contributed by atoms with Gasteiger partial charge in [-0.15, -0.1) is 0 Å². The lowest BCUT2D eigenvalue weighted by Crippen LogP contribution is -1.87. The van der Waals surface area contributed by atoms with Crippen LogP contribution < -0.4 is 0 Å². The van der Waals surface area contributed by atoms with Crippen molar-refractivity contribution in [2.45, 2.75) is 24.9 Å². The molecule has 108 valence electrons. The van der Waals surface area contributed by atoms with Crippen molar-refractivity contribution in [3.8, 4) is 11.8 Å². The minimum atomic E-state index is 0.124. The number of rotatable bonds is 5. The summed E-state index contributed by atoms with van der Waals surface area (Å²) < 4.78 is 0. The van der Waals surface area contributed by atoms with Crippen LogP contribution in [0.4, 0.5) is 0 Å². The van der Waals surface area contributed by atoms with Crippen LogP contribution in [0.2, 0.25) is 0 Å². The van der Waals surface area contributed by atoms with Gasteiger partial charge < -0.3 is 5.11 Å². The second kappa shape index (κ2) is 8.56. The molecule has 0 saturated heterocycles. The van der Waals surface area contributed by atoms with Crippen molar-refractivity contribution < 1.29 is 5.11 Å². The Morgan fingerprint density at radius 1 is 1.05 bits per heavy atom. The molecule has 0 saturated carbocycles. The van der Waals surface area contributed by atoms with Crippen molar-refractivity contribution in [3.05, 3.63) is 70.8 Å². The Bertz CT molecular complexity index is 637. The van der Waals surface area contributed by atoms with Crippen LogP contribution in [0.25, 0.3) is 0 Å². The Hall–Kier alpha value is -1.69. The lowest BCUT2D eigenvalue weighted by atomic mass is 10.1. The summed E-state index contributed by atoms with van der Waals surface area (Å²) in [6.45, 7) is 2.28. The number of benzene rings is 2. The average molecular weight is 296 g/mol. The van der Waals surface area contributed by atoms with Gasteiger partial charge in [0.05, 0.1) is 6.61 Å². The average Bonchev–Trinajstić information content (AvgIpc) is 2.50. The highest BCUT2D eigenvalue weighted by molar-refractivity contribution is 7.97. The van der Waals surface area contributed by atoms with E-state index >= 15 is 0 Å². The first-order chi connectivity index (χ1) is 10.3. The summed E-state index contributed by atoms with van der Waals surface area (Å²) in [5.41, 5.74) is 5.08. The van der Waals surface area contributed by atoms with Gasteiger partial charge in [-0.25, -0.2) is 0 Å². The maximum Gasteiger partial charge on any atom is 0.0540 e. The van der Waals surface area contributed by atoms with Gasteiger partial charge in [-0.05, 0) is 35.7 Å². The van der Waals surface area contributed by atoms with E-state index in [1.807, 2.05) is 23.9 Å². The fourth-order valence-corrected chi connectivity index (χ4v) is 3.07. The summed E-state index contributed by atoms with van der Waals surface area (Å²) in [4.78, 5) is 0. The fourth-order valence-electron chi connectivity index (χ4n) is 2.01. The highest BCUT2D eigenvalue weighted by atomic mass is 32.2. The predicted octanol–water partition coefficient (Wildman–Crippen LogP) is 4.16. The van der Waals surface area contributed by atoms with Crippen LogP contribution in [0.3, 0.4) is 0 Å². The smallest absolute Gasteiger partial charge is 0.0540 e. The molecule has 0 spiro atoms. The van der Waals surface area contributed by atoms with E-state index < -0.39 is 0 Å². The van der Waals surface area contributed by atoms with Crippen molar-refractivity contribution in [1.29, 1.82) is 0 Å². The van der Waals surface area contributed by atoms with Gasteiger partial charge >= 0.3 is 0 Å². The zero-order valence-corrected chi connectivity index (χ0v) is 13.1. The standard InChI is InChI=1S/C19H20OS/c1-16-7-2-3-11-19(16)15-21-14-18-10-6-9-17(13-18)8-4-5-12-20/h2-3,6-7,9-11,13,20H,5,12,14-15H2,1H3. The van der Waals surface area contributed by atoms with Crippen LogP contribution in [0.5, 0.6) is 0 Å². The first kappa shape index (κ1) is 15.7. The maximum absolute atomic E-state index is 8.74. The molecule has 0 aliphatic rings. The van der Waals surface area contributed by atoms with Crippen LogP contribution in [0.15, 0.2) is 48.5 Å². The third-order valence-electron chi connectivity index (χ3n) is 3.18. The molecule has 2 aromatic rings. The first-order valence-electron chi connectivity index (χ1n) is 7.10. The van der Waals surface area contributed by atoms with Crippen molar-refractivity contribution in [2.75, 3.05) is 6.61 Å². The summed E-state index contributed by atoms with van der Waals surface area (Å²) >= 11 is 1.92. The molecule has 0 amide bonds. The second-order valence-electron chi connectivity index (χ2n) is 4.90. The van der Waals surface area contributed by atoms with Gasteiger partial charge in [0, 0.05) is 23.5 Å². The lowest BCUT2D eigenvalue weighted by Gasteiger charge is -2.06. The van der Waals surface area contributed by atoms with Crippen LogP contribution in [-0.4, -0.2) is 11.7 Å². The molecular weight excluding hydrogens is 276 g/mol. The number of hydrogen-bond acceptors (Lipinski definition) is 2. The highest BCUT2D eigenvalue weighted by Gasteiger charge is 1.99. The van der Waals surface area contributed by atoms with E-state index in [2.05, 4.69) is 55.2 Å². The van der Waals surface area contributed by atoms with E-state index in [0.717, 1.165) is 17.1 Å². The molecule has 0 heterocycles. The van der Waals surface area contributed by atoms with E-state index in [9.17, 15) is 0 Å². The van der Waals surface area contributed by atoms with Gasteiger partial charge in [0.1, 0.15) is 0 Å². The van der Waals surface area contributed by atoms with Crippen molar-refractivity contribution >= 4 is 11.8 Å². The molecule has 0 atom stereocenters. The Morgan fingerprint density at radius 2 is 1.90 bits per heavy atom. The van der Waals surface area contributed by atoms with Gasteiger partial charge in [-0.1, -0.05) is 48.2 Å². The lowest BCUT2D eigenvalue weighted by molar-refractivity contribution is 0.305. The molecule has 2 heteroatoms. The molecule has 1 nitrogen and oxygen atoms in total. The number of thioether (sulfide) groups is 1. The third kappa shape index (κ3) is 5.30. The molecule has 0 aliphatic carbocycles. The van der Waals surface area contributed by atoms with Gasteiger partial charge in [0.2, 0.25) is 0 Å². The number of aliphatic hydroxyl groups excluding tert-OH is 1. The largest absolute Gasteiger partial charge is 0.395 e. The third-order valence-corrected chi connectivity index (χ3v) is 4.24. The molecule has 2 rings (SSSR count). The van der Waals surface area contributed by atoms with Gasteiger partial charge in [0.15, 0.2) is 0 Å². The predicted molar refractivity (Wildman–Crippen MR) is 91.2 cm³/mol. The van der Waals surface area contributed by atoms with E-state index in [4.69, 9.17) is 5.11 Å². The molecule has 0 unspecified atom stereocenters. The normalized spacial score (nSPS) is 10.0. The first-order valence-corrected chi connectivity index (χ1v) is 8.26. The second-order valence-corrected chi connectivity index (χ2v) is 5.88. The topological polar surface area (TPSA) is 20.2 Å². The van der Waals surface area contributed by atoms with Gasteiger partial charge in [-0.2, -0.15) is 11.8 Å². The molecule has 0 aliphatic heterocycles. The van der Waals surface area contributed by atoms with Crippen LogP contribution >= 0.6 is 11.8 Å². The zero-order chi connectivity index (χ0) is 14.9. The molecule has 21 heavy (non-hydrogen) atoms. The summed E-state index contributed by atoms with van der Waals surface area (Å²) in [6, 6.07) is 16.9. The quantitative estimate of drug-likeness (QED) is 0.836. The Morgan fingerprint density at radius 3 is 2.71 bits per heavy atom. The number of aliphatic hydroxyl groups is 1. The molecule has 2 aromatic carbocycles. The monoisotopic (exact) mass is 296 g/mol. The van der Waals surface area contributed by atoms with E-state index in [0.29, 0.717) is 6.42 Å². The number of aryl methyl sites for hydroxylation is 1. The van der Waals surface area contributed by atoms with Crippen molar-refractivity contribution in [1.82, 2.24) is 0 Å².